The first-order valence-corrected chi connectivity index (χ1v) is 12.9. The van der Waals surface area contributed by atoms with Gasteiger partial charge in [-0.2, -0.15) is 5.10 Å². The summed E-state index contributed by atoms with van der Waals surface area (Å²) in [7, 11) is 0. The minimum Gasteiger partial charge on any atom is -0.357 e. The van der Waals surface area contributed by atoms with Crippen LogP contribution < -0.4 is 15.5 Å². The molecular weight excluding hydrogens is 400 g/mol. The first-order chi connectivity index (χ1) is 15.8. The van der Waals surface area contributed by atoms with Crippen molar-refractivity contribution >= 4 is 22.8 Å². The summed E-state index contributed by atoms with van der Waals surface area (Å²) < 4.78 is 2.05. The fourth-order valence-electron chi connectivity index (χ4n) is 5.65. The van der Waals surface area contributed by atoms with Crippen LogP contribution in [0.1, 0.15) is 81.1 Å². The predicted molar refractivity (Wildman–Crippen MR) is 128 cm³/mol. The molecule has 0 unspecified atom stereocenters. The Morgan fingerprint density at radius 2 is 1.69 bits per heavy atom. The van der Waals surface area contributed by atoms with Crippen LogP contribution in [0.4, 0.5) is 5.82 Å². The Hall–Kier alpha value is -2.15. The second kappa shape index (κ2) is 10.2. The Kier molecular flexibility index (Phi) is 6.91. The molecule has 3 fully saturated rings. The maximum Gasteiger partial charge on any atom is 0.272 e. The molecule has 2 aliphatic heterocycles. The van der Waals surface area contributed by atoms with Crippen molar-refractivity contribution in [2.45, 2.75) is 83.2 Å². The van der Waals surface area contributed by atoms with Gasteiger partial charge >= 0.3 is 0 Å². The van der Waals surface area contributed by atoms with Crippen LogP contribution >= 0.6 is 0 Å². The molecule has 174 valence electrons. The molecule has 7 nitrogen and oxygen atoms in total. The Bertz CT molecular complexity index is 905. The zero-order chi connectivity index (χ0) is 21.8. The van der Waals surface area contributed by atoms with Gasteiger partial charge in [-0.05, 0) is 69.7 Å². The molecule has 1 aliphatic carbocycles. The number of carbonyl (C=O) groups is 1. The van der Waals surface area contributed by atoms with E-state index in [0.717, 1.165) is 62.4 Å². The third-order valence-electron chi connectivity index (χ3n) is 7.56. The van der Waals surface area contributed by atoms with Crippen LogP contribution in [0.15, 0.2) is 12.1 Å². The molecule has 3 aliphatic rings. The molecule has 0 aromatic carbocycles. The largest absolute Gasteiger partial charge is 0.357 e. The van der Waals surface area contributed by atoms with Crippen molar-refractivity contribution in [1.29, 1.82) is 0 Å². The van der Waals surface area contributed by atoms with Crippen LogP contribution in [-0.4, -0.2) is 52.9 Å². The Balaban J connectivity index is 1.45. The summed E-state index contributed by atoms with van der Waals surface area (Å²) in [6.07, 6.45) is 13.5. The number of rotatable bonds is 5. The van der Waals surface area contributed by atoms with Crippen LogP contribution in [-0.2, 0) is 6.54 Å². The van der Waals surface area contributed by atoms with Gasteiger partial charge < -0.3 is 15.5 Å². The average Bonchev–Trinajstić information content (AvgIpc) is 2.99. The van der Waals surface area contributed by atoms with E-state index >= 15 is 0 Å². The van der Waals surface area contributed by atoms with Gasteiger partial charge in [-0.3, -0.25) is 4.79 Å². The van der Waals surface area contributed by atoms with E-state index in [2.05, 4.69) is 27.7 Å². The van der Waals surface area contributed by atoms with Gasteiger partial charge in [0.15, 0.2) is 11.3 Å². The van der Waals surface area contributed by atoms with Crippen molar-refractivity contribution in [2.24, 2.45) is 5.92 Å². The average molecular weight is 439 g/mol. The van der Waals surface area contributed by atoms with Gasteiger partial charge in [0.25, 0.3) is 5.91 Å². The van der Waals surface area contributed by atoms with Gasteiger partial charge in [-0.25, -0.2) is 9.67 Å². The summed E-state index contributed by atoms with van der Waals surface area (Å²) in [4.78, 5) is 20.7. The van der Waals surface area contributed by atoms with E-state index in [1.54, 1.807) is 0 Å². The highest BCUT2D eigenvalue weighted by molar-refractivity contribution is 6.04. The third-order valence-corrected chi connectivity index (χ3v) is 7.56. The quantitative estimate of drug-likeness (QED) is 0.741. The summed E-state index contributed by atoms with van der Waals surface area (Å²) in [6.45, 7) is 4.93. The zero-order valence-electron chi connectivity index (χ0n) is 19.3. The smallest absolute Gasteiger partial charge is 0.272 e. The molecule has 32 heavy (non-hydrogen) atoms. The van der Waals surface area contributed by atoms with Crippen LogP contribution in [0, 0.1) is 5.92 Å². The molecule has 2 saturated heterocycles. The summed E-state index contributed by atoms with van der Waals surface area (Å²) in [5, 5.41) is 12.4. The number of anilines is 1. The van der Waals surface area contributed by atoms with E-state index in [1.807, 2.05) is 4.68 Å². The number of fused-ring (bicyclic) bond motifs is 1. The molecule has 2 aromatic heterocycles. The number of pyridine rings is 1. The lowest BCUT2D eigenvalue weighted by molar-refractivity contribution is 0.0925. The van der Waals surface area contributed by atoms with Gasteiger partial charge in [0.05, 0.1) is 5.39 Å². The fraction of sp³-hybridized carbons (Fsp3) is 0.720. The maximum absolute atomic E-state index is 13.2. The van der Waals surface area contributed by atoms with E-state index in [0.29, 0.717) is 11.6 Å². The Morgan fingerprint density at radius 3 is 2.44 bits per heavy atom. The van der Waals surface area contributed by atoms with Crippen molar-refractivity contribution in [3.8, 4) is 0 Å². The first kappa shape index (κ1) is 21.7. The minimum atomic E-state index is -0.0476. The lowest BCUT2D eigenvalue weighted by atomic mass is 9.89. The van der Waals surface area contributed by atoms with E-state index in [1.165, 1.54) is 57.8 Å². The van der Waals surface area contributed by atoms with Gasteiger partial charge in [0.2, 0.25) is 0 Å². The first-order valence-electron chi connectivity index (χ1n) is 12.9. The van der Waals surface area contributed by atoms with Crippen LogP contribution in [0.5, 0.6) is 0 Å². The van der Waals surface area contributed by atoms with Crippen molar-refractivity contribution in [3.63, 3.8) is 0 Å². The molecule has 1 amide bonds. The minimum absolute atomic E-state index is 0.0476. The zero-order valence-corrected chi connectivity index (χ0v) is 19.3. The summed E-state index contributed by atoms with van der Waals surface area (Å²) in [5.41, 5.74) is 1.43. The SMILES string of the molecule is O=C(NC1CCNCC1)c1nn(CC2CCCCC2)c2nc(N3CCCCCC3)ccc12. The van der Waals surface area contributed by atoms with Crippen molar-refractivity contribution in [2.75, 3.05) is 31.1 Å². The molecule has 2 N–H and O–H groups in total. The number of hydrogen-bond acceptors (Lipinski definition) is 5. The number of aromatic nitrogens is 3. The van der Waals surface area contributed by atoms with Crippen molar-refractivity contribution < 1.29 is 4.79 Å². The van der Waals surface area contributed by atoms with E-state index in [9.17, 15) is 4.79 Å². The summed E-state index contributed by atoms with van der Waals surface area (Å²) >= 11 is 0. The molecule has 0 atom stereocenters. The molecule has 0 radical (unpaired) electrons. The number of nitrogens with one attached hydrogen (secondary N) is 2. The van der Waals surface area contributed by atoms with E-state index in [-0.39, 0.29) is 11.9 Å². The number of carbonyl (C=O) groups excluding carboxylic acids is 1. The van der Waals surface area contributed by atoms with Crippen LogP contribution in [0.2, 0.25) is 0 Å². The van der Waals surface area contributed by atoms with Crippen LogP contribution in [0.3, 0.4) is 0 Å². The highest BCUT2D eigenvalue weighted by Crippen LogP contribution is 2.28. The fourth-order valence-corrected chi connectivity index (χ4v) is 5.65. The lowest BCUT2D eigenvalue weighted by Gasteiger charge is -2.23. The Morgan fingerprint density at radius 1 is 0.969 bits per heavy atom. The molecule has 0 spiro atoms. The molecule has 0 bridgehead atoms. The topological polar surface area (TPSA) is 75.1 Å². The van der Waals surface area contributed by atoms with E-state index in [4.69, 9.17) is 10.1 Å². The highest BCUT2D eigenvalue weighted by atomic mass is 16.2. The number of amides is 1. The molecule has 2 aromatic rings. The van der Waals surface area contributed by atoms with Gasteiger partial charge in [0, 0.05) is 25.7 Å². The standard InChI is InChI=1S/C25H38N6O/c32-25(27-20-12-14-26-15-13-20)23-21-10-11-22(30-16-6-1-2-7-17-30)28-24(21)31(29-23)18-19-8-4-3-5-9-19/h10-11,19-20,26H,1-9,12-18H2,(H,27,32). The van der Waals surface area contributed by atoms with Crippen molar-refractivity contribution in [1.82, 2.24) is 25.4 Å². The van der Waals surface area contributed by atoms with E-state index < -0.39 is 0 Å². The van der Waals surface area contributed by atoms with Gasteiger partial charge in [-0.1, -0.05) is 32.1 Å². The number of piperidine rings is 1. The third kappa shape index (κ3) is 4.92. The van der Waals surface area contributed by atoms with Gasteiger partial charge in [0.1, 0.15) is 5.82 Å². The number of hydrogen-bond donors (Lipinski definition) is 2. The monoisotopic (exact) mass is 438 g/mol. The molecular formula is C25H38N6O. The molecule has 4 heterocycles. The highest BCUT2D eigenvalue weighted by Gasteiger charge is 2.25. The Labute approximate surface area is 191 Å². The molecule has 7 heteroatoms. The predicted octanol–water partition coefficient (Wildman–Crippen LogP) is 3.87. The summed E-state index contributed by atoms with van der Waals surface area (Å²) in [6, 6.07) is 4.41. The second-order valence-corrected chi connectivity index (χ2v) is 9.97. The lowest BCUT2D eigenvalue weighted by Crippen LogP contribution is -2.42. The maximum atomic E-state index is 13.2. The number of nitrogens with zero attached hydrogens (tertiary/aromatic N) is 4. The molecule has 5 rings (SSSR count). The molecule has 1 saturated carbocycles. The second-order valence-electron chi connectivity index (χ2n) is 9.97. The normalized spacial score (nSPS) is 21.6. The van der Waals surface area contributed by atoms with Crippen molar-refractivity contribution in [3.05, 3.63) is 17.8 Å². The van der Waals surface area contributed by atoms with Crippen LogP contribution in [0.25, 0.3) is 11.0 Å². The summed E-state index contributed by atoms with van der Waals surface area (Å²) in [5.74, 6) is 1.62. The van der Waals surface area contributed by atoms with Gasteiger partial charge in [-0.15, -0.1) is 0 Å².